The summed E-state index contributed by atoms with van der Waals surface area (Å²) in [6, 6.07) is 0. The summed E-state index contributed by atoms with van der Waals surface area (Å²) in [6.07, 6.45) is 7.96. The number of aliphatic carboxylic acids is 1. The standard InChI is InChI=1S/C14H21N3O2/c1-2-3-12-8-15-14(16-9-12)17-7-6-11(10-17)4-5-13(18)19/h8-9,11H,2-7,10H2,1H3,(H,18,19). The smallest absolute Gasteiger partial charge is 0.303 e. The molecule has 2 heterocycles. The maximum absolute atomic E-state index is 10.6. The molecule has 1 aromatic rings. The Morgan fingerprint density at radius 2 is 2.21 bits per heavy atom. The second-order valence-electron chi connectivity index (χ2n) is 5.17. The number of rotatable bonds is 6. The predicted molar refractivity (Wildman–Crippen MR) is 73.2 cm³/mol. The van der Waals surface area contributed by atoms with Gasteiger partial charge in [-0.3, -0.25) is 4.79 Å². The Labute approximate surface area is 113 Å². The van der Waals surface area contributed by atoms with Gasteiger partial charge in [-0.2, -0.15) is 0 Å². The van der Waals surface area contributed by atoms with E-state index in [1.807, 2.05) is 12.4 Å². The van der Waals surface area contributed by atoms with Gasteiger partial charge >= 0.3 is 5.97 Å². The molecule has 1 unspecified atom stereocenters. The molecule has 2 rings (SSSR count). The molecule has 1 saturated heterocycles. The molecule has 0 bridgehead atoms. The molecule has 1 aliphatic rings. The van der Waals surface area contributed by atoms with E-state index < -0.39 is 5.97 Å². The maximum atomic E-state index is 10.6. The third kappa shape index (κ3) is 3.91. The molecule has 0 radical (unpaired) electrons. The quantitative estimate of drug-likeness (QED) is 0.851. The number of aromatic nitrogens is 2. The van der Waals surface area contributed by atoms with E-state index in [1.54, 1.807) is 0 Å². The summed E-state index contributed by atoms with van der Waals surface area (Å²) in [5.74, 6) is 0.520. The first-order chi connectivity index (χ1) is 9.19. The molecule has 1 aliphatic heterocycles. The van der Waals surface area contributed by atoms with Crippen molar-refractivity contribution in [2.75, 3.05) is 18.0 Å². The van der Waals surface area contributed by atoms with Crippen molar-refractivity contribution >= 4 is 11.9 Å². The molecule has 5 nitrogen and oxygen atoms in total. The summed E-state index contributed by atoms with van der Waals surface area (Å²) in [6.45, 7) is 3.94. The summed E-state index contributed by atoms with van der Waals surface area (Å²) < 4.78 is 0. The largest absolute Gasteiger partial charge is 0.481 e. The molecule has 1 fully saturated rings. The zero-order valence-corrected chi connectivity index (χ0v) is 11.4. The van der Waals surface area contributed by atoms with Crippen molar-refractivity contribution in [3.05, 3.63) is 18.0 Å². The van der Waals surface area contributed by atoms with Gasteiger partial charge in [0.25, 0.3) is 0 Å². The molecule has 0 amide bonds. The lowest BCUT2D eigenvalue weighted by Crippen LogP contribution is -2.22. The Morgan fingerprint density at radius 3 is 2.84 bits per heavy atom. The number of anilines is 1. The average Bonchev–Trinajstić information content (AvgIpc) is 2.86. The number of carbonyl (C=O) groups is 1. The molecular weight excluding hydrogens is 242 g/mol. The number of aryl methyl sites for hydroxylation is 1. The molecule has 1 atom stereocenters. The Kier molecular flexibility index (Phi) is 4.71. The fourth-order valence-corrected chi connectivity index (χ4v) is 2.51. The zero-order chi connectivity index (χ0) is 13.7. The van der Waals surface area contributed by atoms with E-state index >= 15 is 0 Å². The summed E-state index contributed by atoms with van der Waals surface area (Å²) in [4.78, 5) is 21.5. The first kappa shape index (κ1) is 13.8. The van der Waals surface area contributed by atoms with Crippen LogP contribution in [0.4, 0.5) is 5.95 Å². The van der Waals surface area contributed by atoms with Gasteiger partial charge in [-0.05, 0) is 30.7 Å². The lowest BCUT2D eigenvalue weighted by molar-refractivity contribution is -0.137. The van der Waals surface area contributed by atoms with Crippen molar-refractivity contribution in [2.45, 2.75) is 39.0 Å². The van der Waals surface area contributed by atoms with Crippen LogP contribution in [0.3, 0.4) is 0 Å². The molecule has 104 valence electrons. The number of carboxylic acid groups (broad SMARTS) is 1. The molecule has 19 heavy (non-hydrogen) atoms. The van der Waals surface area contributed by atoms with Gasteiger partial charge in [0.05, 0.1) is 0 Å². The molecule has 5 heteroatoms. The van der Waals surface area contributed by atoms with E-state index in [-0.39, 0.29) is 6.42 Å². The molecule has 0 aromatic carbocycles. The number of nitrogens with zero attached hydrogens (tertiary/aromatic N) is 3. The third-order valence-corrected chi connectivity index (χ3v) is 3.57. The van der Waals surface area contributed by atoms with Gasteiger partial charge in [0.15, 0.2) is 0 Å². The van der Waals surface area contributed by atoms with Crippen molar-refractivity contribution in [2.24, 2.45) is 5.92 Å². The van der Waals surface area contributed by atoms with E-state index in [1.165, 1.54) is 5.56 Å². The normalized spacial score (nSPS) is 18.8. The minimum absolute atomic E-state index is 0.259. The van der Waals surface area contributed by atoms with Crippen LogP contribution in [0.1, 0.15) is 38.2 Å². The molecule has 0 saturated carbocycles. The van der Waals surface area contributed by atoms with Crippen LogP contribution in [0.15, 0.2) is 12.4 Å². The Morgan fingerprint density at radius 1 is 1.47 bits per heavy atom. The monoisotopic (exact) mass is 263 g/mol. The SMILES string of the molecule is CCCc1cnc(N2CCC(CCC(=O)O)C2)nc1. The first-order valence-corrected chi connectivity index (χ1v) is 6.96. The van der Waals surface area contributed by atoms with E-state index in [2.05, 4.69) is 21.8 Å². The van der Waals surface area contributed by atoms with Gasteiger partial charge in [-0.15, -0.1) is 0 Å². The lowest BCUT2D eigenvalue weighted by Gasteiger charge is -2.16. The van der Waals surface area contributed by atoms with Gasteiger partial charge in [0, 0.05) is 31.9 Å². The van der Waals surface area contributed by atoms with Crippen LogP contribution < -0.4 is 4.90 Å². The van der Waals surface area contributed by atoms with Crippen molar-refractivity contribution in [1.29, 1.82) is 0 Å². The Balaban J connectivity index is 1.87. The summed E-state index contributed by atoms with van der Waals surface area (Å²) >= 11 is 0. The highest BCUT2D eigenvalue weighted by Crippen LogP contribution is 2.24. The molecular formula is C14H21N3O2. The first-order valence-electron chi connectivity index (χ1n) is 6.96. The van der Waals surface area contributed by atoms with Crippen LogP contribution in [0.2, 0.25) is 0 Å². The second kappa shape index (κ2) is 6.50. The molecule has 1 N–H and O–H groups in total. The van der Waals surface area contributed by atoms with Crippen LogP contribution in [0, 0.1) is 5.92 Å². The highest BCUT2D eigenvalue weighted by atomic mass is 16.4. The van der Waals surface area contributed by atoms with E-state index in [0.717, 1.165) is 44.7 Å². The van der Waals surface area contributed by atoms with Crippen LogP contribution in [-0.4, -0.2) is 34.1 Å². The number of hydrogen-bond acceptors (Lipinski definition) is 4. The van der Waals surface area contributed by atoms with Crippen LogP contribution in [0.5, 0.6) is 0 Å². The number of hydrogen-bond donors (Lipinski definition) is 1. The summed E-state index contributed by atoms with van der Waals surface area (Å²) in [5.41, 5.74) is 1.17. The van der Waals surface area contributed by atoms with Gasteiger partial charge in [0.2, 0.25) is 5.95 Å². The predicted octanol–water partition coefficient (Wildman–Crippen LogP) is 2.12. The van der Waals surface area contributed by atoms with Gasteiger partial charge in [0.1, 0.15) is 0 Å². The van der Waals surface area contributed by atoms with E-state index in [9.17, 15) is 4.79 Å². The van der Waals surface area contributed by atoms with Gasteiger partial charge in [-0.1, -0.05) is 13.3 Å². The zero-order valence-electron chi connectivity index (χ0n) is 11.4. The highest BCUT2D eigenvalue weighted by molar-refractivity contribution is 5.66. The van der Waals surface area contributed by atoms with Crippen molar-refractivity contribution in [3.63, 3.8) is 0 Å². The summed E-state index contributed by atoms with van der Waals surface area (Å²) in [5, 5.41) is 8.70. The van der Waals surface area contributed by atoms with E-state index in [4.69, 9.17) is 5.11 Å². The highest BCUT2D eigenvalue weighted by Gasteiger charge is 2.24. The lowest BCUT2D eigenvalue weighted by atomic mass is 10.0. The van der Waals surface area contributed by atoms with Gasteiger partial charge in [-0.25, -0.2) is 9.97 Å². The topological polar surface area (TPSA) is 66.3 Å². The second-order valence-corrected chi connectivity index (χ2v) is 5.17. The maximum Gasteiger partial charge on any atom is 0.303 e. The minimum atomic E-state index is -0.710. The summed E-state index contributed by atoms with van der Waals surface area (Å²) in [7, 11) is 0. The van der Waals surface area contributed by atoms with Crippen molar-refractivity contribution < 1.29 is 9.90 Å². The van der Waals surface area contributed by atoms with Crippen LogP contribution in [0.25, 0.3) is 0 Å². The Hall–Kier alpha value is -1.65. The van der Waals surface area contributed by atoms with Gasteiger partial charge < -0.3 is 10.0 Å². The Bertz CT molecular complexity index is 419. The molecule has 0 aliphatic carbocycles. The van der Waals surface area contributed by atoms with Crippen LogP contribution >= 0.6 is 0 Å². The minimum Gasteiger partial charge on any atom is -0.481 e. The molecule has 0 spiro atoms. The van der Waals surface area contributed by atoms with Crippen molar-refractivity contribution in [1.82, 2.24) is 9.97 Å². The molecule has 1 aromatic heterocycles. The third-order valence-electron chi connectivity index (χ3n) is 3.57. The fourth-order valence-electron chi connectivity index (χ4n) is 2.51. The number of carboxylic acids is 1. The van der Waals surface area contributed by atoms with Crippen molar-refractivity contribution in [3.8, 4) is 0 Å². The van der Waals surface area contributed by atoms with E-state index in [0.29, 0.717) is 5.92 Å². The average molecular weight is 263 g/mol. The van der Waals surface area contributed by atoms with Crippen LogP contribution in [-0.2, 0) is 11.2 Å². The fraction of sp³-hybridized carbons (Fsp3) is 0.643.